The number of carbonyl (C=O) groups excluding carboxylic acids is 1. The van der Waals surface area contributed by atoms with E-state index in [1.54, 1.807) is 18.1 Å². The van der Waals surface area contributed by atoms with E-state index >= 15 is 0 Å². The maximum Gasteiger partial charge on any atom is 0.228 e. The molecule has 1 aliphatic rings. The van der Waals surface area contributed by atoms with Crippen molar-refractivity contribution >= 4 is 11.7 Å². The highest BCUT2D eigenvalue weighted by Crippen LogP contribution is 2.22. The largest absolute Gasteiger partial charge is 0.363 e. The van der Waals surface area contributed by atoms with Gasteiger partial charge in [-0.15, -0.1) is 0 Å². The fraction of sp³-hybridized carbons (Fsp3) is 0.500. The molecule has 2 aromatic heterocycles. The van der Waals surface area contributed by atoms with Crippen LogP contribution in [0.25, 0.3) is 0 Å². The molecule has 2 aromatic rings. The van der Waals surface area contributed by atoms with E-state index in [1.165, 1.54) is 12.8 Å². The third-order valence-electron chi connectivity index (χ3n) is 4.75. The van der Waals surface area contributed by atoms with Gasteiger partial charge in [0.2, 0.25) is 5.91 Å². The van der Waals surface area contributed by atoms with E-state index in [4.69, 9.17) is 9.97 Å². The molecule has 1 fully saturated rings. The average Bonchev–Trinajstić information content (AvgIpc) is 2.69. The SMILES string of the molecule is CN(Cc1cc(N(C)C)nc([C@H]2CCCCN2)n1)C(=O)Cc1ccccn1. The third-order valence-corrected chi connectivity index (χ3v) is 4.75. The van der Waals surface area contributed by atoms with E-state index in [0.29, 0.717) is 13.0 Å². The predicted molar refractivity (Wildman–Crippen MR) is 105 cm³/mol. The lowest BCUT2D eigenvalue weighted by atomic mass is 10.0. The summed E-state index contributed by atoms with van der Waals surface area (Å²) in [6.07, 6.45) is 5.43. The lowest BCUT2D eigenvalue weighted by Gasteiger charge is -2.25. The molecule has 1 N–H and O–H groups in total. The second kappa shape index (κ2) is 8.90. The number of nitrogens with zero attached hydrogens (tertiary/aromatic N) is 5. The number of pyridine rings is 1. The molecule has 0 aromatic carbocycles. The zero-order chi connectivity index (χ0) is 19.2. The molecule has 0 radical (unpaired) electrons. The lowest BCUT2D eigenvalue weighted by molar-refractivity contribution is -0.129. The molecule has 3 rings (SSSR count). The second-order valence-electron chi connectivity index (χ2n) is 7.22. The number of rotatable bonds is 6. The van der Waals surface area contributed by atoms with Crippen LogP contribution in [0.1, 0.15) is 42.5 Å². The van der Waals surface area contributed by atoms with Crippen molar-refractivity contribution in [3.63, 3.8) is 0 Å². The maximum absolute atomic E-state index is 12.5. The van der Waals surface area contributed by atoms with Crippen molar-refractivity contribution in [2.24, 2.45) is 0 Å². The zero-order valence-electron chi connectivity index (χ0n) is 16.4. The summed E-state index contributed by atoms with van der Waals surface area (Å²) in [4.78, 5) is 29.9. The van der Waals surface area contributed by atoms with Crippen LogP contribution < -0.4 is 10.2 Å². The van der Waals surface area contributed by atoms with Crippen molar-refractivity contribution in [1.29, 1.82) is 0 Å². The highest BCUT2D eigenvalue weighted by atomic mass is 16.2. The minimum absolute atomic E-state index is 0.0241. The fourth-order valence-corrected chi connectivity index (χ4v) is 3.16. The van der Waals surface area contributed by atoms with Crippen molar-refractivity contribution in [2.75, 3.05) is 32.6 Å². The van der Waals surface area contributed by atoms with Crippen LogP contribution in [0, 0.1) is 0 Å². The van der Waals surface area contributed by atoms with E-state index in [9.17, 15) is 4.79 Å². The standard InChI is InChI=1S/C20H28N6O/c1-25(2)18-12-16(23-20(24-18)17-9-5-7-11-22-17)14-26(3)19(27)13-15-8-4-6-10-21-15/h4,6,8,10,12,17,22H,5,7,9,11,13-14H2,1-3H3/t17-/m1/s1. The summed E-state index contributed by atoms with van der Waals surface area (Å²) >= 11 is 0. The molecule has 0 unspecified atom stereocenters. The molecule has 7 heteroatoms. The summed E-state index contributed by atoms with van der Waals surface area (Å²) in [5.41, 5.74) is 1.63. The van der Waals surface area contributed by atoms with Gasteiger partial charge < -0.3 is 15.1 Å². The number of nitrogens with one attached hydrogen (secondary N) is 1. The Labute approximate surface area is 160 Å². The molecule has 0 spiro atoms. The fourth-order valence-electron chi connectivity index (χ4n) is 3.16. The minimum Gasteiger partial charge on any atom is -0.363 e. The van der Waals surface area contributed by atoms with E-state index in [0.717, 1.165) is 36.0 Å². The van der Waals surface area contributed by atoms with E-state index < -0.39 is 0 Å². The number of hydrogen-bond donors (Lipinski definition) is 1. The topological polar surface area (TPSA) is 74.2 Å². The first-order valence-corrected chi connectivity index (χ1v) is 9.45. The molecular formula is C20H28N6O. The van der Waals surface area contributed by atoms with Crippen LogP contribution in [0.2, 0.25) is 0 Å². The van der Waals surface area contributed by atoms with Crippen molar-refractivity contribution in [3.8, 4) is 0 Å². The monoisotopic (exact) mass is 368 g/mol. The van der Waals surface area contributed by atoms with Crippen LogP contribution in [0.5, 0.6) is 0 Å². The third kappa shape index (κ3) is 5.23. The molecule has 1 saturated heterocycles. The second-order valence-corrected chi connectivity index (χ2v) is 7.22. The van der Waals surface area contributed by atoms with Crippen molar-refractivity contribution in [1.82, 2.24) is 25.2 Å². The van der Waals surface area contributed by atoms with Crippen LogP contribution in [0.15, 0.2) is 30.5 Å². The molecule has 1 aliphatic heterocycles. The molecule has 1 atom stereocenters. The molecule has 27 heavy (non-hydrogen) atoms. The van der Waals surface area contributed by atoms with Crippen molar-refractivity contribution in [2.45, 2.75) is 38.3 Å². The summed E-state index contributed by atoms with van der Waals surface area (Å²) < 4.78 is 0. The maximum atomic E-state index is 12.5. The number of carbonyl (C=O) groups is 1. The van der Waals surface area contributed by atoms with Crippen LogP contribution in [-0.2, 0) is 17.8 Å². The smallest absolute Gasteiger partial charge is 0.228 e. The molecule has 0 bridgehead atoms. The summed E-state index contributed by atoms with van der Waals surface area (Å²) in [6.45, 7) is 1.45. The highest BCUT2D eigenvalue weighted by molar-refractivity contribution is 5.78. The lowest BCUT2D eigenvalue weighted by Crippen LogP contribution is -2.31. The van der Waals surface area contributed by atoms with Gasteiger partial charge in [0.1, 0.15) is 11.6 Å². The van der Waals surface area contributed by atoms with Crippen molar-refractivity contribution in [3.05, 3.63) is 47.7 Å². The first-order chi connectivity index (χ1) is 13.0. The Morgan fingerprint density at radius 2 is 2.04 bits per heavy atom. The van der Waals surface area contributed by atoms with Gasteiger partial charge in [0.15, 0.2) is 0 Å². The van der Waals surface area contributed by atoms with E-state index in [-0.39, 0.29) is 11.9 Å². The number of anilines is 1. The first-order valence-electron chi connectivity index (χ1n) is 9.45. The van der Waals surface area contributed by atoms with Crippen LogP contribution >= 0.6 is 0 Å². The molecule has 0 saturated carbocycles. The summed E-state index contributed by atoms with van der Waals surface area (Å²) in [5.74, 6) is 1.71. The predicted octanol–water partition coefficient (Wildman–Crippen LogP) is 1.95. The van der Waals surface area contributed by atoms with Crippen molar-refractivity contribution < 1.29 is 4.79 Å². The Hall–Kier alpha value is -2.54. The number of amides is 1. The Balaban J connectivity index is 1.74. The van der Waals surface area contributed by atoms with Gasteiger partial charge in [-0.05, 0) is 31.5 Å². The van der Waals surface area contributed by atoms with Gasteiger partial charge in [-0.1, -0.05) is 12.5 Å². The normalized spacial score (nSPS) is 16.8. The van der Waals surface area contributed by atoms with Gasteiger partial charge in [-0.3, -0.25) is 9.78 Å². The van der Waals surface area contributed by atoms with Crippen LogP contribution in [-0.4, -0.2) is 53.4 Å². The number of piperidine rings is 1. The van der Waals surface area contributed by atoms with Gasteiger partial charge in [0.05, 0.1) is 24.7 Å². The van der Waals surface area contributed by atoms with Gasteiger partial charge in [-0.25, -0.2) is 9.97 Å². The summed E-state index contributed by atoms with van der Waals surface area (Å²) in [6, 6.07) is 7.76. The molecule has 1 amide bonds. The van der Waals surface area contributed by atoms with Crippen LogP contribution in [0.4, 0.5) is 5.82 Å². The molecular weight excluding hydrogens is 340 g/mol. The van der Waals surface area contributed by atoms with Crippen LogP contribution in [0.3, 0.4) is 0 Å². The van der Waals surface area contributed by atoms with E-state index in [2.05, 4.69) is 10.3 Å². The van der Waals surface area contributed by atoms with Gasteiger partial charge in [0, 0.05) is 39.1 Å². The molecule has 7 nitrogen and oxygen atoms in total. The van der Waals surface area contributed by atoms with Gasteiger partial charge >= 0.3 is 0 Å². The Morgan fingerprint density at radius 3 is 2.70 bits per heavy atom. The van der Waals surface area contributed by atoms with Gasteiger partial charge in [-0.2, -0.15) is 0 Å². The van der Waals surface area contributed by atoms with E-state index in [1.807, 2.05) is 43.3 Å². The molecule has 0 aliphatic carbocycles. The minimum atomic E-state index is 0.0241. The summed E-state index contributed by atoms with van der Waals surface area (Å²) in [7, 11) is 5.75. The Bertz CT molecular complexity index is 758. The number of aromatic nitrogens is 3. The molecule has 3 heterocycles. The quantitative estimate of drug-likeness (QED) is 0.840. The number of hydrogen-bond acceptors (Lipinski definition) is 6. The first kappa shape index (κ1) is 19.2. The van der Waals surface area contributed by atoms with Gasteiger partial charge in [0.25, 0.3) is 0 Å². The Morgan fingerprint density at radius 1 is 1.19 bits per heavy atom. The zero-order valence-corrected chi connectivity index (χ0v) is 16.4. The average molecular weight is 368 g/mol. The number of likely N-dealkylation sites (N-methyl/N-ethyl adjacent to an activating group) is 1. The Kier molecular flexibility index (Phi) is 6.34. The summed E-state index contributed by atoms with van der Waals surface area (Å²) in [5, 5.41) is 3.51. The highest BCUT2D eigenvalue weighted by Gasteiger charge is 2.20. The molecule has 144 valence electrons.